The molecule has 0 saturated carbocycles. The minimum absolute atomic E-state index is 0.444. The SMILES string of the molecule is Cc1cccnc1-c1nc(=S)[nH][nH]1. The van der Waals surface area contributed by atoms with Crippen molar-refractivity contribution in [3.05, 3.63) is 28.7 Å². The van der Waals surface area contributed by atoms with Crippen LogP contribution in [0.3, 0.4) is 0 Å². The zero-order valence-electron chi connectivity index (χ0n) is 7.03. The third kappa shape index (κ3) is 1.50. The normalized spacial score (nSPS) is 10.2. The molecule has 0 atom stereocenters. The molecule has 0 aliphatic rings. The smallest absolute Gasteiger partial charge is 0.213 e. The quantitative estimate of drug-likeness (QED) is 0.678. The van der Waals surface area contributed by atoms with Gasteiger partial charge in [-0.2, -0.15) is 4.98 Å². The summed E-state index contributed by atoms with van der Waals surface area (Å²) in [4.78, 5) is 8.28. The van der Waals surface area contributed by atoms with E-state index in [1.165, 1.54) is 0 Å². The Morgan fingerprint density at radius 2 is 2.23 bits per heavy atom. The standard InChI is InChI=1S/C8H8N4S/c1-5-3-2-4-9-6(5)7-10-8(13)12-11-7/h2-4H,1H3,(H2,10,11,12,13). The Morgan fingerprint density at radius 1 is 1.38 bits per heavy atom. The molecule has 0 bridgehead atoms. The Balaban J connectivity index is 2.58. The average molecular weight is 192 g/mol. The second-order valence-corrected chi connectivity index (χ2v) is 3.07. The fourth-order valence-corrected chi connectivity index (χ4v) is 1.26. The van der Waals surface area contributed by atoms with Gasteiger partial charge in [0, 0.05) is 6.20 Å². The van der Waals surface area contributed by atoms with Gasteiger partial charge in [-0.25, -0.2) is 0 Å². The van der Waals surface area contributed by atoms with Crippen LogP contribution in [-0.4, -0.2) is 20.2 Å². The number of aryl methyl sites for hydroxylation is 1. The van der Waals surface area contributed by atoms with Crippen LogP contribution in [0.2, 0.25) is 0 Å². The summed E-state index contributed by atoms with van der Waals surface area (Å²) in [5, 5.41) is 5.59. The number of aromatic amines is 2. The van der Waals surface area contributed by atoms with Crippen molar-refractivity contribution in [2.75, 3.05) is 0 Å². The van der Waals surface area contributed by atoms with E-state index < -0.39 is 0 Å². The first-order chi connectivity index (χ1) is 6.27. The monoisotopic (exact) mass is 192 g/mol. The third-order valence-electron chi connectivity index (χ3n) is 1.73. The van der Waals surface area contributed by atoms with E-state index in [2.05, 4.69) is 20.2 Å². The third-order valence-corrected chi connectivity index (χ3v) is 1.93. The van der Waals surface area contributed by atoms with Gasteiger partial charge in [-0.3, -0.25) is 15.2 Å². The van der Waals surface area contributed by atoms with Gasteiger partial charge in [0.1, 0.15) is 5.69 Å². The van der Waals surface area contributed by atoms with E-state index in [0.29, 0.717) is 10.6 Å². The van der Waals surface area contributed by atoms with Gasteiger partial charge >= 0.3 is 0 Å². The molecule has 0 unspecified atom stereocenters. The second kappa shape index (κ2) is 3.10. The molecule has 2 rings (SSSR count). The molecule has 0 saturated heterocycles. The molecule has 2 aromatic rings. The zero-order valence-corrected chi connectivity index (χ0v) is 7.85. The van der Waals surface area contributed by atoms with E-state index in [1.54, 1.807) is 6.20 Å². The van der Waals surface area contributed by atoms with Gasteiger partial charge in [0.2, 0.25) is 4.77 Å². The summed E-state index contributed by atoms with van der Waals surface area (Å²) in [7, 11) is 0. The number of hydrogen-bond donors (Lipinski definition) is 2. The number of aromatic nitrogens is 4. The lowest BCUT2D eigenvalue weighted by molar-refractivity contribution is 1.07. The Bertz CT molecular complexity index is 471. The lowest BCUT2D eigenvalue weighted by Gasteiger charge is -1.97. The van der Waals surface area contributed by atoms with E-state index >= 15 is 0 Å². The highest BCUT2D eigenvalue weighted by atomic mass is 32.1. The summed E-state index contributed by atoms with van der Waals surface area (Å²) < 4.78 is 0.444. The van der Waals surface area contributed by atoms with Crippen molar-refractivity contribution < 1.29 is 0 Å². The summed E-state index contributed by atoms with van der Waals surface area (Å²) >= 11 is 4.85. The number of H-pyrrole nitrogens is 2. The maximum absolute atomic E-state index is 4.85. The fourth-order valence-electron chi connectivity index (χ4n) is 1.12. The number of hydrogen-bond acceptors (Lipinski definition) is 3. The number of pyridine rings is 1. The second-order valence-electron chi connectivity index (χ2n) is 2.68. The molecule has 2 heterocycles. The van der Waals surface area contributed by atoms with Crippen molar-refractivity contribution in [1.29, 1.82) is 0 Å². The molecular formula is C8H8N4S. The highest BCUT2D eigenvalue weighted by molar-refractivity contribution is 7.71. The van der Waals surface area contributed by atoms with Gasteiger partial charge in [-0.1, -0.05) is 6.07 Å². The molecule has 0 aromatic carbocycles. The summed E-state index contributed by atoms with van der Waals surface area (Å²) in [6.45, 7) is 1.98. The van der Waals surface area contributed by atoms with Crippen molar-refractivity contribution in [3.63, 3.8) is 0 Å². The summed E-state index contributed by atoms with van der Waals surface area (Å²) in [5.41, 5.74) is 1.90. The van der Waals surface area contributed by atoms with E-state index in [0.717, 1.165) is 11.3 Å². The maximum Gasteiger partial charge on any atom is 0.213 e. The van der Waals surface area contributed by atoms with Crippen LogP contribution >= 0.6 is 12.2 Å². The van der Waals surface area contributed by atoms with Gasteiger partial charge < -0.3 is 0 Å². The molecule has 5 heteroatoms. The first-order valence-electron chi connectivity index (χ1n) is 3.84. The molecule has 13 heavy (non-hydrogen) atoms. The predicted octanol–water partition coefficient (Wildman–Crippen LogP) is 1.84. The molecule has 0 radical (unpaired) electrons. The van der Waals surface area contributed by atoms with Crippen LogP contribution in [-0.2, 0) is 0 Å². The Hall–Kier alpha value is -1.49. The summed E-state index contributed by atoms with van der Waals surface area (Å²) in [6, 6.07) is 3.87. The Labute approximate surface area is 80.0 Å². The molecule has 0 aliphatic carbocycles. The minimum atomic E-state index is 0.444. The van der Waals surface area contributed by atoms with E-state index in [9.17, 15) is 0 Å². The largest absolute Gasteiger partial charge is 0.280 e. The number of nitrogens with zero attached hydrogens (tertiary/aromatic N) is 2. The van der Waals surface area contributed by atoms with Gasteiger partial charge in [-0.15, -0.1) is 0 Å². The summed E-state index contributed by atoms with van der Waals surface area (Å²) in [5.74, 6) is 0.683. The number of nitrogens with one attached hydrogen (secondary N) is 2. The fraction of sp³-hybridized carbons (Fsp3) is 0.125. The lowest BCUT2D eigenvalue weighted by atomic mass is 10.2. The van der Waals surface area contributed by atoms with Crippen LogP contribution in [0.5, 0.6) is 0 Å². The van der Waals surface area contributed by atoms with Crippen LogP contribution < -0.4 is 0 Å². The predicted molar refractivity (Wildman–Crippen MR) is 51.7 cm³/mol. The van der Waals surface area contributed by atoms with Crippen LogP contribution in [0.4, 0.5) is 0 Å². The molecular weight excluding hydrogens is 184 g/mol. The van der Waals surface area contributed by atoms with Crippen molar-refractivity contribution >= 4 is 12.2 Å². The van der Waals surface area contributed by atoms with Crippen molar-refractivity contribution in [2.45, 2.75) is 6.92 Å². The van der Waals surface area contributed by atoms with Gasteiger partial charge in [0.15, 0.2) is 5.82 Å². The van der Waals surface area contributed by atoms with Gasteiger partial charge in [0.05, 0.1) is 0 Å². The van der Waals surface area contributed by atoms with Crippen molar-refractivity contribution in [2.24, 2.45) is 0 Å². The molecule has 2 aromatic heterocycles. The van der Waals surface area contributed by atoms with Crippen LogP contribution in [0.15, 0.2) is 18.3 Å². The van der Waals surface area contributed by atoms with Gasteiger partial charge in [-0.05, 0) is 30.8 Å². The molecule has 0 aliphatic heterocycles. The average Bonchev–Trinajstić information content (AvgIpc) is 2.53. The highest BCUT2D eigenvalue weighted by Crippen LogP contribution is 2.14. The van der Waals surface area contributed by atoms with Crippen molar-refractivity contribution in [3.8, 4) is 11.5 Å². The molecule has 0 fully saturated rings. The highest BCUT2D eigenvalue weighted by Gasteiger charge is 2.04. The van der Waals surface area contributed by atoms with E-state index in [4.69, 9.17) is 12.2 Å². The van der Waals surface area contributed by atoms with E-state index in [1.807, 2.05) is 19.1 Å². The molecule has 4 nitrogen and oxygen atoms in total. The Kier molecular flexibility index (Phi) is 1.94. The zero-order chi connectivity index (χ0) is 9.26. The molecule has 0 spiro atoms. The van der Waals surface area contributed by atoms with Crippen molar-refractivity contribution in [1.82, 2.24) is 20.2 Å². The molecule has 0 amide bonds. The minimum Gasteiger partial charge on any atom is -0.280 e. The molecule has 2 N–H and O–H groups in total. The maximum atomic E-state index is 4.85. The first-order valence-corrected chi connectivity index (χ1v) is 4.25. The lowest BCUT2D eigenvalue weighted by Crippen LogP contribution is -1.88. The molecule has 66 valence electrons. The number of rotatable bonds is 1. The van der Waals surface area contributed by atoms with Crippen LogP contribution in [0.1, 0.15) is 5.56 Å². The Morgan fingerprint density at radius 3 is 2.85 bits per heavy atom. The first kappa shape index (κ1) is 8.12. The van der Waals surface area contributed by atoms with Crippen LogP contribution in [0, 0.1) is 11.7 Å². The van der Waals surface area contributed by atoms with E-state index in [-0.39, 0.29) is 0 Å². The van der Waals surface area contributed by atoms with Crippen LogP contribution in [0.25, 0.3) is 11.5 Å². The summed E-state index contributed by atoms with van der Waals surface area (Å²) in [6.07, 6.45) is 1.73. The van der Waals surface area contributed by atoms with Gasteiger partial charge in [0.25, 0.3) is 0 Å². The topological polar surface area (TPSA) is 57.4 Å².